The summed E-state index contributed by atoms with van der Waals surface area (Å²) in [7, 11) is 0. The van der Waals surface area contributed by atoms with E-state index in [-0.39, 0.29) is 0 Å². The lowest BCUT2D eigenvalue weighted by atomic mass is 10.1. The van der Waals surface area contributed by atoms with E-state index in [2.05, 4.69) is 50.0 Å². The lowest BCUT2D eigenvalue weighted by Gasteiger charge is -2.09. The standard InChI is InChI=1S/C16H15N5S/c1-11(12-3-5-22-9-12)7-21-8-13(6-20-21)15-14-2-4-17-16(14)19-10-18-15/h2-6,8-11H,7H2,1H3,(H,17,18,19). The highest BCUT2D eigenvalue weighted by atomic mass is 32.1. The van der Waals surface area contributed by atoms with E-state index in [0.717, 1.165) is 28.8 Å². The molecule has 4 rings (SSSR count). The summed E-state index contributed by atoms with van der Waals surface area (Å²) in [5.74, 6) is 0.441. The number of nitrogens with one attached hydrogen (secondary N) is 1. The van der Waals surface area contributed by atoms with Gasteiger partial charge in [-0.05, 0) is 28.5 Å². The zero-order chi connectivity index (χ0) is 14.9. The van der Waals surface area contributed by atoms with Crippen LogP contribution < -0.4 is 0 Å². The van der Waals surface area contributed by atoms with Gasteiger partial charge in [-0.15, -0.1) is 0 Å². The first-order valence-electron chi connectivity index (χ1n) is 7.14. The van der Waals surface area contributed by atoms with Crippen molar-refractivity contribution < 1.29 is 0 Å². The molecule has 0 saturated heterocycles. The largest absolute Gasteiger partial charge is 0.346 e. The average Bonchev–Trinajstić information content (AvgIpc) is 3.27. The maximum Gasteiger partial charge on any atom is 0.141 e. The highest BCUT2D eigenvalue weighted by molar-refractivity contribution is 7.07. The molecular weight excluding hydrogens is 294 g/mol. The van der Waals surface area contributed by atoms with E-state index in [0.29, 0.717) is 5.92 Å². The number of fused-ring (bicyclic) bond motifs is 1. The van der Waals surface area contributed by atoms with Crippen LogP contribution in [0.5, 0.6) is 0 Å². The summed E-state index contributed by atoms with van der Waals surface area (Å²) in [6, 6.07) is 4.17. The van der Waals surface area contributed by atoms with Gasteiger partial charge < -0.3 is 4.98 Å². The monoisotopic (exact) mass is 309 g/mol. The Hall–Kier alpha value is -2.47. The zero-order valence-corrected chi connectivity index (χ0v) is 12.9. The molecule has 0 aliphatic rings. The first-order chi connectivity index (χ1) is 10.8. The summed E-state index contributed by atoms with van der Waals surface area (Å²) in [5.41, 5.74) is 4.15. The second-order valence-corrected chi connectivity index (χ2v) is 6.15. The van der Waals surface area contributed by atoms with Crippen LogP contribution >= 0.6 is 11.3 Å². The fraction of sp³-hybridized carbons (Fsp3) is 0.188. The Bertz CT molecular complexity index is 890. The van der Waals surface area contributed by atoms with Gasteiger partial charge in [-0.25, -0.2) is 9.97 Å². The van der Waals surface area contributed by atoms with Gasteiger partial charge >= 0.3 is 0 Å². The second-order valence-electron chi connectivity index (χ2n) is 5.37. The van der Waals surface area contributed by atoms with Gasteiger partial charge in [0.2, 0.25) is 0 Å². The van der Waals surface area contributed by atoms with Crippen molar-refractivity contribution in [2.24, 2.45) is 0 Å². The van der Waals surface area contributed by atoms with Gasteiger partial charge in [0.25, 0.3) is 0 Å². The molecule has 5 nitrogen and oxygen atoms in total. The van der Waals surface area contributed by atoms with Crippen LogP contribution in [0.2, 0.25) is 0 Å². The molecular formula is C16H15N5S. The van der Waals surface area contributed by atoms with Gasteiger partial charge in [0.15, 0.2) is 0 Å². The Balaban J connectivity index is 1.63. The van der Waals surface area contributed by atoms with Crippen LogP contribution in [-0.2, 0) is 6.54 Å². The molecule has 22 heavy (non-hydrogen) atoms. The highest BCUT2D eigenvalue weighted by Crippen LogP contribution is 2.25. The smallest absolute Gasteiger partial charge is 0.141 e. The Labute approximate surface area is 131 Å². The molecule has 0 spiro atoms. The fourth-order valence-electron chi connectivity index (χ4n) is 2.63. The number of H-pyrrole nitrogens is 1. The van der Waals surface area contributed by atoms with E-state index < -0.39 is 0 Å². The van der Waals surface area contributed by atoms with Crippen molar-refractivity contribution in [2.75, 3.05) is 0 Å². The lowest BCUT2D eigenvalue weighted by molar-refractivity contribution is 0.544. The summed E-state index contributed by atoms with van der Waals surface area (Å²) in [6.45, 7) is 3.08. The zero-order valence-electron chi connectivity index (χ0n) is 12.1. The summed E-state index contributed by atoms with van der Waals surface area (Å²) < 4.78 is 1.98. The molecule has 0 bridgehead atoms. The molecule has 0 aliphatic heterocycles. The Morgan fingerprint density at radius 3 is 3.14 bits per heavy atom. The molecule has 0 aromatic carbocycles. The van der Waals surface area contributed by atoms with E-state index in [1.165, 1.54) is 5.56 Å². The highest BCUT2D eigenvalue weighted by Gasteiger charge is 2.11. The van der Waals surface area contributed by atoms with Crippen molar-refractivity contribution >= 4 is 22.4 Å². The first kappa shape index (κ1) is 13.2. The molecule has 0 amide bonds. The number of aromatic nitrogens is 5. The van der Waals surface area contributed by atoms with Gasteiger partial charge in [0.1, 0.15) is 12.0 Å². The normalized spacial score (nSPS) is 12.8. The number of rotatable bonds is 4. The minimum atomic E-state index is 0.441. The molecule has 4 heterocycles. The predicted octanol–water partition coefficient (Wildman–Crippen LogP) is 3.69. The third-order valence-corrected chi connectivity index (χ3v) is 4.54. The quantitative estimate of drug-likeness (QED) is 0.625. The van der Waals surface area contributed by atoms with Crippen molar-refractivity contribution in [3.8, 4) is 11.3 Å². The van der Waals surface area contributed by atoms with Gasteiger partial charge in [0.05, 0.1) is 11.9 Å². The van der Waals surface area contributed by atoms with Crippen LogP contribution in [0.4, 0.5) is 0 Å². The molecule has 110 valence electrons. The topological polar surface area (TPSA) is 59.4 Å². The first-order valence-corrected chi connectivity index (χ1v) is 8.08. The summed E-state index contributed by atoms with van der Waals surface area (Å²) in [4.78, 5) is 11.7. The second kappa shape index (κ2) is 5.38. The number of hydrogen-bond donors (Lipinski definition) is 1. The van der Waals surface area contributed by atoms with E-state index in [4.69, 9.17) is 0 Å². The van der Waals surface area contributed by atoms with Crippen molar-refractivity contribution in [3.05, 3.63) is 53.4 Å². The minimum Gasteiger partial charge on any atom is -0.346 e. The van der Waals surface area contributed by atoms with Gasteiger partial charge in [-0.2, -0.15) is 16.4 Å². The van der Waals surface area contributed by atoms with Crippen molar-refractivity contribution in [2.45, 2.75) is 19.4 Å². The Morgan fingerprint density at radius 1 is 1.32 bits per heavy atom. The SMILES string of the molecule is CC(Cn1cc(-c2ncnc3[nH]ccc23)cn1)c1ccsc1. The maximum atomic E-state index is 4.48. The van der Waals surface area contributed by atoms with Crippen LogP contribution in [0.3, 0.4) is 0 Å². The molecule has 1 N–H and O–H groups in total. The summed E-state index contributed by atoms with van der Waals surface area (Å²) >= 11 is 1.73. The molecule has 0 fully saturated rings. The molecule has 0 saturated carbocycles. The number of thiophene rings is 1. The van der Waals surface area contributed by atoms with E-state index in [1.54, 1.807) is 17.7 Å². The van der Waals surface area contributed by atoms with Crippen LogP contribution in [-0.4, -0.2) is 24.7 Å². The molecule has 0 radical (unpaired) electrons. The van der Waals surface area contributed by atoms with E-state index >= 15 is 0 Å². The lowest BCUT2D eigenvalue weighted by Crippen LogP contribution is -2.05. The predicted molar refractivity (Wildman–Crippen MR) is 87.8 cm³/mol. The third-order valence-electron chi connectivity index (χ3n) is 3.83. The molecule has 1 atom stereocenters. The number of hydrogen-bond acceptors (Lipinski definition) is 4. The maximum absolute atomic E-state index is 4.48. The van der Waals surface area contributed by atoms with E-state index in [9.17, 15) is 0 Å². The summed E-state index contributed by atoms with van der Waals surface area (Å²) in [5, 5.41) is 9.82. The third kappa shape index (κ3) is 2.31. The van der Waals surface area contributed by atoms with Crippen LogP contribution in [0.25, 0.3) is 22.3 Å². The average molecular weight is 309 g/mol. The molecule has 1 unspecified atom stereocenters. The van der Waals surface area contributed by atoms with Gasteiger partial charge in [0, 0.05) is 35.8 Å². The minimum absolute atomic E-state index is 0.441. The molecule has 6 heteroatoms. The van der Waals surface area contributed by atoms with Gasteiger partial charge in [-0.1, -0.05) is 6.92 Å². The fourth-order valence-corrected chi connectivity index (χ4v) is 3.41. The Kier molecular flexibility index (Phi) is 3.23. The van der Waals surface area contributed by atoms with Crippen molar-refractivity contribution in [1.29, 1.82) is 0 Å². The van der Waals surface area contributed by atoms with Crippen LogP contribution in [0.1, 0.15) is 18.4 Å². The van der Waals surface area contributed by atoms with E-state index in [1.807, 2.05) is 23.1 Å². The molecule has 4 aromatic rings. The number of nitrogens with zero attached hydrogens (tertiary/aromatic N) is 4. The van der Waals surface area contributed by atoms with Crippen molar-refractivity contribution in [1.82, 2.24) is 24.7 Å². The molecule has 4 aromatic heterocycles. The Morgan fingerprint density at radius 2 is 2.27 bits per heavy atom. The van der Waals surface area contributed by atoms with Crippen LogP contribution in [0.15, 0.2) is 47.8 Å². The number of aromatic amines is 1. The van der Waals surface area contributed by atoms with Crippen LogP contribution in [0, 0.1) is 0 Å². The van der Waals surface area contributed by atoms with Crippen molar-refractivity contribution in [3.63, 3.8) is 0 Å². The molecule has 0 aliphatic carbocycles. The summed E-state index contributed by atoms with van der Waals surface area (Å²) in [6.07, 6.45) is 7.39. The van der Waals surface area contributed by atoms with Gasteiger partial charge in [-0.3, -0.25) is 4.68 Å².